The van der Waals surface area contributed by atoms with E-state index >= 15 is 0 Å². The Hall–Kier alpha value is -1.14. The molecule has 0 aromatic rings. The normalized spacial score (nSPS) is 21.7. The Morgan fingerprint density at radius 3 is 2.94 bits per heavy atom. The molecule has 1 unspecified atom stereocenters. The fourth-order valence-electron chi connectivity index (χ4n) is 1.83. The number of nitrogens with one attached hydrogen (secondary N) is 2. The minimum Gasteiger partial charge on any atom is -0.480 e. The van der Waals surface area contributed by atoms with Crippen LogP contribution in [0.15, 0.2) is 0 Å². The molecule has 6 nitrogen and oxygen atoms in total. The van der Waals surface area contributed by atoms with Gasteiger partial charge in [-0.3, -0.25) is 14.5 Å². The van der Waals surface area contributed by atoms with Crippen molar-refractivity contribution in [2.45, 2.75) is 18.9 Å². The summed E-state index contributed by atoms with van der Waals surface area (Å²) in [6, 6.07) is -0.460. The molecule has 0 spiro atoms. The fourth-order valence-corrected chi connectivity index (χ4v) is 1.83. The maximum absolute atomic E-state index is 11.0. The third kappa shape index (κ3) is 3.79. The first-order valence-corrected chi connectivity index (χ1v) is 5.53. The summed E-state index contributed by atoms with van der Waals surface area (Å²) in [4.78, 5) is 23.9. The number of carbonyl (C=O) groups excluding carboxylic acids is 1. The van der Waals surface area contributed by atoms with Crippen LogP contribution in [-0.4, -0.2) is 61.2 Å². The number of piperazine rings is 1. The molecule has 0 saturated carbocycles. The zero-order chi connectivity index (χ0) is 12.0. The number of hydrogen-bond donors (Lipinski definition) is 3. The van der Waals surface area contributed by atoms with Crippen LogP contribution < -0.4 is 10.6 Å². The van der Waals surface area contributed by atoms with Crippen molar-refractivity contribution < 1.29 is 14.7 Å². The number of amides is 1. The number of carboxylic acids is 1. The minimum atomic E-state index is -0.799. The van der Waals surface area contributed by atoms with Gasteiger partial charge in [-0.25, -0.2) is 0 Å². The minimum absolute atomic E-state index is 0.00186. The zero-order valence-electron chi connectivity index (χ0n) is 9.53. The predicted octanol–water partition coefficient (Wildman–Crippen LogP) is -1.13. The molecule has 1 atom stereocenters. The van der Waals surface area contributed by atoms with Gasteiger partial charge in [0.05, 0.1) is 0 Å². The monoisotopic (exact) mass is 229 g/mol. The lowest BCUT2D eigenvalue weighted by Gasteiger charge is -2.33. The van der Waals surface area contributed by atoms with Crippen molar-refractivity contribution in [3.05, 3.63) is 0 Å². The molecule has 0 aromatic carbocycles. The van der Waals surface area contributed by atoms with Crippen LogP contribution in [0.3, 0.4) is 0 Å². The van der Waals surface area contributed by atoms with E-state index in [1.54, 1.807) is 7.05 Å². The largest absolute Gasteiger partial charge is 0.480 e. The Bertz CT molecular complexity index is 258. The van der Waals surface area contributed by atoms with Crippen molar-refractivity contribution in [2.24, 2.45) is 0 Å². The highest BCUT2D eigenvalue weighted by molar-refractivity contribution is 5.75. The SMILES string of the molecule is CNC(=O)CCCN1CCNCC1C(=O)O. The van der Waals surface area contributed by atoms with Gasteiger partial charge < -0.3 is 15.7 Å². The molecule has 1 heterocycles. The third-order valence-electron chi connectivity index (χ3n) is 2.77. The van der Waals surface area contributed by atoms with Crippen LogP contribution >= 0.6 is 0 Å². The van der Waals surface area contributed by atoms with Crippen LogP contribution in [0.25, 0.3) is 0 Å². The lowest BCUT2D eigenvalue weighted by molar-refractivity contribution is -0.143. The quantitative estimate of drug-likeness (QED) is 0.556. The summed E-state index contributed by atoms with van der Waals surface area (Å²) in [5.41, 5.74) is 0. The molecular weight excluding hydrogens is 210 g/mol. The van der Waals surface area contributed by atoms with Crippen molar-refractivity contribution in [3.63, 3.8) is 0 Å². The number of nitrogens with zero attached hydrogens (tertiary/aromatic N) is 1. The molecule has 1 aliphatic heterocycles. The maximum Gasteiger partial charge on any atom is 0.322 e. The molecule has 1 amide bonds. The average molecular weight is 229 g/mol. The van der Waals surface area contributed by atoms with E-state index in [-0.39, 0.29) is 5.91 Å². The first-order valence-electron chi connectivity index (χ1n) is 5.53. The van der Waals surface area contributed by atoms with Gasteiger partial charge in [0, 0.05) is 33.1 Å². The average Bonchev–Trinajstić information content (AvgIpc) is 2.29. The summed E-state index contributed by atoms with van der Waals surface area (Å²) in [6.07, 6.45) is 1.15. The van der Waals surface area contributed by atoms with Crippen molar-refractivity contribution in [1.29, 1.82) is 0 Å². The van der Waals surface area contributed by atoms with Crippen LogP contribution in [-0.2, 0) is 9.59 Å². The molecule has 0 aromatic heterocycles. The molecule has 0 bridgehead atoms. The van der Waals surface area contributed by atoms with E-state index in [0.29, 0.717) is 25.9 Å². The Balaban J connectivity index is 2.32. The summed E-state index contributed by atoms with van der Waals surface area (Å²) in [5, 5.41) is 14.6. The highest BCUT2D eigenvalue weighted by atomic mass is 16.4. The predicted molar refractivity (Wildman–Crippen MR) is 59.2 cm³/mol. The second kappa shape index (κ2) is 6.44. The maximum atomic E-state index is 11.0. The lowest BCUT2D eigenvalue weighted by Crippen LogP contribution is -2.55. The molecule has 1 fully saturated rings. The number of carbonyl (C=O) groups is 2. The van der Waals surface area contributed by atoms with Gasteiger partial charge in [-0.1, -0.05) is 0 Å². The van der Waals surface area contributed by atoms with E-state index in [4.69, 9.17) is 5.11 Å². The summed E-state index contributed by atoms with van der Waals surface area (Å²) in [5.74, 6) is -0.797. The number of carboxylic acid groups (broad SMARTS) is 1. The Kier molecular flexibility index (Phi) is 5.21. The molecule has 3 N–H and O–H groups in total. The molecule has 0 aliphatic carbocycles. The number of hydrogen-bond acceptors (Lipinski definition) is 4. The first-order chi connectivity index (χ1) is 7.65. The van der Waals surface area contributed by atoms with Crippen molar-refractivity contribution in [3.8, 4) is 0 Å². The molecular formula is C10H19N3O3. The Labute approximate surface area is 95.0 Å². The van der Waals surface area contributed by atoms with Crippen LogP contribution in [0.2, 0.25) is 0 Å². The van der Waals surface area contributed by atoms with E-state index < -0.39 is 12.0 Å². The molecule has 16 heavy (non-hydrogen) atoms. The smallest absolute Gasteiger partial charge is 0.322 e. The lowest BCUT2D eigenvalue weighted by atomic mass is 10.1. The molecule has 1 aliphatic rings. The van der Waals surface area contributed by atoms with E-state index in [1.807, 2.05) is 4.90 Å². The number of aliphatic carboxylic acids is 1. The topological polar surface area (TPSA) is 81.7 Å². The van der Waals surface area contributed by atoms with Crippen LogP contribution in [0.5, 0.6) is 0 Å². The molecule has 0 radical (unpaired) electrons. The highest BCUT2D eigenvalue weighted by Gasteiger charge is 2.27. The van der Waals surface area contributed by atoms with Crippen LogP contribution in [0.1, 0.15) is 12.8 Å². The fraction of sp³-hybridized carbons (Fsp3) is 0.800. The molecule has 92 valence electrons. The van der Waals surface area contributed by atoms with Crippen molar-refractivity contribution in [2.75, 3.05) is 33.2 Å². The van der Waals surface area contributed by atoms with Gasteiger partial charge in [-0.2, -0.15) is 0 Å². The van der Waals surface area contributed by atoms with Gasteiger partial charge in [-0.05, 0) is 13.0 Å². The van der Waals surface area contributed by atoms with Crippen LogP contribution in [0, 0.1) is 0 Å². The van der Waals surface area contributed by atoms with Gasteiger partial charge in [0.2, 0.25) is 5.91 Å². The Morgan fingerprint density at radius 1 is 1.56 bits per heavy atom. The summed E-state index contributed by atoms with van der Waals surface area (Å²) < 4.78 is 0. The second-order valence-electron chi connectivity index (χ2n) is 3.87. The highest BCUT2D eigenvalue weighted by Crippen LogP contribution is 2.05. The summed E-state index contributed by atoms with van der Waals surface area (Å²) in [6.45, 7) is 2.68. The van der Waals surface area contributed by atoms with E-state index in [2.05, 4.69) is 10.6 Å². The van der Waals surface area contributed by atoms with Gasteiger partial charge in [0.1, 0.15) is 6.04 Å². The van der Waals surface area contributed by atoms with Crippen LogP contribution in [0.4, 0.5) is 0 Å². The standard InChI is InChI=1S/C10H19N3O3/c1-11-9(14)3-2-5-13-6-4-12-7-8(13)10(15)16/h8,12H,2-7H2,1H3,(H,11,14)(H,15,16). The Morgan fingerprint density at radius 2 is 2.31 bits per heavy atom. The van der Waals surface area contributed by atoms with Gasteiger partial charge >= 0.3 is 5.97 Å². The second-order valence-corrected chi connectivity index (χ2v) is 3.87. The van der Waals surface area contributed by atoms with Gasteiger partial charge in [0.25, 0.3) is 0 Å². The molecule has 1 saturated heterocycles. The van der Waals surface area contributed by atoms with Crippen molar-refractivity contribution in [1.82, 2.24) is 15.5 Å². The van der Waals surface area contributed by atoms with Gasteiger partial charge in [0.15, 0.2) is 0 Å². The number of rotatable bonds is 5. The van der Waals surface area contributed by atoms with E-state index in [0.717, 1.165) is 13.1 Å². The third-order valence-corrected chi connectivity index (χ3v) is 2.77. The molecule has 1 rings (SSSR count). The molecule has 6 heteroatoms. The van der Waals surface area contributed by atoms with E-state index in [1.165, 1.54) is 0 Å². The summed E-state index contributed by atoms with van der Waals surface area (Å²) >= 11 is 0. The zero-order valence-corrected chi connectivity index (χ0v) is 9.53. The first kappa shape index (κ1) is 12.9. The van der Waals surface area contributed by atoms with Gasteiger partial charge in [-0.15, -0.1) is 0 Å². The van der Waals surface area contributed by atoms with E-state index in [9.17, 15) is 9.59 Å². The summed E-state index contributed by atoms with van der Waals surface area (Å²) in [7, 11) is 1.60. The van der Waals surface area contributed by atoms with Crippen molar-refractivity contribution >= 4 is 11.9 Å².